The summed E-state index contributed by atoms with van der Waals surface area (Å²) in [6.45, 7) is 8.28. The van der Waals surface area contributed by atoms with E-state index < -0.39 is 0 Å². The van der Waals surface area contributed by atoms with Crippen LogP contribution in [0.2, 0.25) is 0 Å². The third kappa shape index (κ3) is 1.93. The molecule has 0 bridgehead atoms. The molecule has 3 rings (SSSR count). The summed E-state index contributed by atoms with van der Waals surface area (Å²) < 4.78 is 11.9. The van der Waals surface area contributed by atoms with E-state index >= 15 is 0 Å². The fraction of sp³-hybridized carbons (Fsp3) is 0.412. The fourth-order valence-corrected chi connectivity index (χ4v) is 2.89. The molecule has 0 saturated heterocycles. The number of hydrogen-bond acceptors (Lipinski definition) is 3. The molecular weight excluding hydrogens is 250 g/mol. The molecule has 106 valence electrons. The molecule has 2 aromatic heterocycles. The molecule has 0 aliphatic carbocycles. The summed E-state index contributed by atoms with van der Waals surface area (Å²) in [4.78, 5) is 0. The largest absolute Gasteiger partial charge is 0.461 e. The zero-order valence-corrected chi connectivity index (χ0v) is 12.8. The van der Waals surface area contributed by atoms with Crippen LogP contribution in [0, 0.1) is 20.8 Å². The highest BCUT2D eigenvalue weighted by atomic mass is 16.3. The number of likely N-dealkylation sites (N-methyl/N-ethyl adjacent to an activating group) is 1. The first kappa shape index (κ1) is 13.3. The van der Waals surface area contributed by atoms with E-state index in [-0.39, 0.29) is 0 Å². The van der Waals surface area contributed by atoms with Crippen LogP contribution in [0.4, 0.5) is 0 Å². The van der Waals surface area contributed by atoms with Gasteiger partial charge in [-0.1, -0.05) is 0 Å². The molecule has 20 heavy (non-hydrogen) atoms. The van der Waals surface area contributed by atoms with Gasteiger partial charge in [0.25, 0.3) is 0 Å². The maximum Gasteiger partial charge on any atom is 0.138 e. The Bertz CT molecular complexity index is 722. The van der Waals surface area contributed by atoms with Gasteiger partial charge < -0.3 is 14.2 Å². The third-order valence-electron chi connectivity index (χ3n) is 4.06. The van der Waals surface area contributed by atoms with Gasteiger partial charge in [-0.05, 0) is 53.3 Å². The predicted octanol–water partition coefficient (Wildman–Crippen LogP) is 4.25. The van der Waals surface area contributed by atoms with Crippen LogP contribution in [0.5, 0.6) is 0 Å². The van der Waals surface area contributed by atoms with Crippen molar-refractivity contribution in [2.75, 3.05) is 7.05 Å². The molecule has 1 unspecified atom stereocenters. The molecule has 0 aliphatic rings. The molecule has 0 aliphatic heterocycles. The van der Waals surface area contributed by atoms with Gasteiger partial charge in [-0.25, -0.2) is 0 Å². The van der Waals surface area contributed by atoms with Gasteiger partial charge in [0, 0.05) is 27.9 Å². The molecule has 3 heteroatoms. The molecule has 1 aromatic carbocycles. The summed E-state index contributed by atoms with van der Waals surface area (Å²) in [5, 5.41) is 5.65. The molecule has 2 heterocycles. The van der Waals surface area contributed by atoms with E-state index in [4.69, 9.17) is 8.83 Å². The number of nitrogens with one attached hydrogen (secondary N) is 1. The summed E-state index contributed by atoms with van der Waals surface area (Å²) in [6.07, 6.45) is 0.926. The van der Waals surface area contributed by atoms with Crippen molar-refractivity contribution in [2.24, 2.45) is 0 Å². The van der Waals surface area contributed by atoms with Gasteiger partial charge in [-0.3, -0.25) is 0 Å². The Kier molecular flexibility index (Phi) is 3.09. The molecule has 1 N–H and O–H groups in total. The zero-order valence-electron chi connectivity index (χ0n) is 12.8. The van der Waals surface area contributed by atoms with Crippen LogP contribution < -0.4 is 5.32 Å². The maximum absolute atomic E-state index is 5.97. The van der Waals surface area contributed by atoms with Gasteiger partial charge in [-0.15, -0.1) is 0 Å². The first-order chi connectivity index (χ1) is 9.51. The van der Waals surface area contributed by atoms with Crippen molar-refractivity contribution >= 4 is 21.9 Å². The van der Waals surface area contributed by atoms with Gasteiger partial charge in [0.2, 0.25) is 0 Å². The summed E-state index contributed by atoms with van der Waals surface area (Å²) in [5.41, 5.74) is 4.41. The summed E-state index contributed by atoms with van der Waals surface area (Å²) in [7, 11) is 1.99. The van der Waals surface area contributed by atoms with Crippen LogP contribution >= 0.6 is 0 Å². The number of rotatable bonds is 3. The van der Waals surface area contributed by atoms with Crippen molar-refractivity contribution in [3.05, 3.63) is 34.8 Å². The van der Waals surface area contributed by atoms with Crippen LogP contribution in [0.15, 0.2) is 21.0 Å². The SMILES string of the molecule is CNC(C)Cc1c2cc(C)oc2c(C)c2cc(C)oc12. The first-order valence-electron chi connectivity index (χ1n) is 7.10. The highest BCUT2D eigenvalue weighted by molar-refractivity contribution is 6.01. The average Bonchev–Trinajstić information content (AvgIpc) is 2.97. The van der Waals surface area contributed by atoms with Crippen LogP contribution in [-0.4, -0.2) is 13.1 Å². The monoisotopic (exact) mass is 271 g/mol. The van der Waals surface area contributed by atoms with Gasteiger partial charge in [0.1, 0.15) is 22.7 Å². The Labute approximate surface area is 118 Å². The van der Waals surface area contributed by atoms with E-state index in [9.17, 15) is 0 Å². The van der Waals surface area contributed by atoms with Crippen molar-refractivity contribution in [1.29, 1.82) is 0 Å². The third-order valence-corrected chi connectivity index (χ3v) is 4.06. The van der Waals surface area contributed by atoms with Gasteiger partial charge in [-0.2, -0.15) is 0 Å². The first-order valence-corrected chi connectivity index (χ1v) is 7.10. The Morgan fingerprint density at radius 2 is 1.60 bits per heavy atom. The second-order valence-corrected chi connectivity index (χ2v) is 5.70. The normalized spacial score (nSPS) is 13.4. The van der Waals surface area contributed by atoms with E-state index in [1.54, 1.807) is 0 Å². The Balaban J connectivity index is 2.38. The highest BCUT2D eigenvalue weighted by Crippen LogP contribution is 2.36. The van der Waals surface area contributed by atoms with E-state index in [0.29, 0.717) is 6.04 Å². The Morgan fingerprint density at radius 1 is 1.00 bits per heavy atom. The van der Waals surface area contributed by atoms with Crippen molar-refractivity contribution in [3.8, 4) is 0 Å². The molecule has 0 amide bonds. The molecule has 3 aromatic rings. The second-order valence-electron chi connectivity index (χ2n) is 5.70. The fourth-order valence-electron chi connectivity index (χ4n) is 2.89. The van der Waals surface area contributed by atoms with Crippen molar-refractivity contribution in [2.45, 2.75) is 40.2 Å². The lowest BCUT2D eigenvalue weighted by molar-refractivity contribution is 0.562. The lowest BCUT2D eigenvalue weighted by atomic mass is 9.97. The van der Waals surface area contributed by atoms with Crippen LogP contribution in [-0.2, 0) is 6.42 Å². The summed E-state index contributed by atoms with van der Waals surface area (Å²) in [6, 6.07) is 4.62. The minimum atomic E-state index is 0.393. The minimum Gasteiger partial charge on any atom is -0.461 e. The van der Waals surface area contributed by atoms with Crippen LogP contribution in [0.1, 0.15) is 29.6 Å². The van der Waals surface area contributed by atoms with Crippen molar-refractivity contribution in [3.63, 3.8) is 0 Å². The summed E-state index contributed by atoms with van der Waals surface area (Å²) in [5.74, 6) is 1.90. The Hall–Kier alpha value is -1.74. The quantitative estimate of drug-likeness (QED) is 0.773. The van der Waals surface area contributed by atoms with Gasteiger partial charge in [0.15, 0.2) is 0 Å². The van der Waals surface area contributed by atoms with Crippen molar-refractivity contribution < 1.29 is 8.83 Å². The van der Waals surface area contributed by atoms with E-state index in [2.05, 4.69) is 31.3 Å². The molecule has 1 atom stereocenters. The number of aryl methyl sites for hydroxylation is 3. The zero-order chi connectivity index (χ0) is 14.4. The second kappa shape index (κ2) is 4.67. The van der Waals surface area contributed by atoms with Gasteiger partial charge >= 0.3 is 0 Å². The molecule has 0 saturated carbocycles. The topological polar surface area (TPSA) is 38.3 Å². The van der Waals surface area contributed by atoms with Gasteiger partial charge in [0.05, 0.1) is 0 Å². The molecule has 0 radical (unpaired) electrons. The number of fused-ring (bicyclic) bond motifs is 2. The lowest BCUT2D eigenvalue weighted by Crippen LogP contribution is -2.23. The number of benzene rings is 1. The summed E-state index contributed by atoms with van der Waals surface area (Å²) >= 11 is 0. The Morgan fingerprint density at radius 3 is 2.25 bits per heavy atom. The predicted molar refractivity (Wildman–Crippen MR) is 82.4 cm³/mol. The standard InChI is InChI=1S/C17H21NO2/c1-9(18-5)6-14-15-8-11(3)19-16(15)12(4)13-7-10(2)20-17(13)14/h7-9,18H,6H2,1-5H3. The smallest absolute Gasteiger partial charge is 0.138 e. The van der Waals surface area contributed by atoms with E-state index in [1.165, 1.54) is 21.9 Å². The van der Waals surface area contributed by atoms with E-state index in [0.717, 1.165) is 29.1 Å². The highest BCUT2D eigenvalue weighted by Gasteiger charge is 2.19. The molecule has 3 nitrogen and oxygen atoms in total. The number of hydrogen-bond donors (Lipinski definition) is 1. The average molecular weight is 271 g/mol. The minimum absolute atomic E-state index is 0.393. The van der Waals surface area contributed by atoms with E-state index in [1.807, 2.05) is 20.9 Å². The number of furan rings is 2. The van der Waals surface area contributed by atoms with Crippen LogP contribution in [0.3, 0.4) is 0 Å². The maximum atomic E-state index is 5.97. The molecule has 0 spiro atoms. The van der Waals surface area contributed by atoms with Crippen molar-refractivity contribution in [1.82, 2.24) is 5.32 Å². The lowest BCUT2D eigenvalue weighted by Gasteiger charge is -2.12. The molecular formula is C17H21NO2. The molecule has 0 fully saturated rings. The van der Waals surface area contributed by atoms with Crippen LogP contribution in [0.25, 0.3) is 21.9 Å².